The number of nitrogens with one attached hydrogen (secondary N) is 1. The van der Waals surface area contributed by atoms with Crippen LogP contribution in [0.1, 0.15) is 22.3 Å². The Hall–Kier alpha value is -2.36. The molecule has 110 valence electrons. The Bertz CT molecular complexity index is 643. The monoisotopic (exact) mass is 284 g/mol. The Labute approximate surface area is 125 Å². The molecule has 1 aromatic carbocycles. The molecule has 1 heterocycles. The van der Waals surface area contributed by atoms with Crippen molar-refractivity contribution in [2.24, 2.45) is 0 Å². The Kier molecular flexibility index (Phi) is 4.58. The number of amides is 1. The molecule has 1 N–H and O–H groups in total. The fourth-order valence-corrected chi connectivity index (χ4v) is 2.32. The van der Waals surface area contributed by atoms with E-state index in [0.717, 1.165) is 22.4 Å². The van der Waals surface area contributed by atoms with E-state index in [0.29, 0.717) is 5.82 Å². The number of carbonyl (C=O) groups is 1. The van der Waals surface area contributed by atoms with Crippen molar-refractivity contribution >= 4 is 11.7 Å². The number of ether oxygens (including phenoxy) is 1. The number of hydrogen-bond donors (Lipinski definition) is 1. The highest BCUT2D eigenvalue weighted by molar-refractivity contribution is 5.91. The summed E-state index contributed by atoms with van der Waals surface area (Å²) in [5.41, 5.74) is 4.31. The molecule has 0 unspecified atom stereocenters. The zero-order valence-electron chi connectivity index (χ0n) is 12.9. The maximum Gasteiger partial charge on any atom is 0.263 e. The van der Waals surface area contributed by atoms with Crippen LogP contribution in [-0.4, -0.2) is 17.5 Å². The second-order valence-electron chi connectivity index (χ2n) is 5.28. The summed E-state index contributed by atoms with van der Waals surface area (Å²) in [7, 11) is 0. The van der Waals surface area contributed by atoms with Crippen LogP contribution < -0.4 is 10.1 Å². The summed E-state index contributed by atoms with van der Waals surface area (Å²) in [5, 5.41) is 2.73. The van der Waals surface area contributed by atoms with E-state index >= 15 is 0 Å². The SMILES string of the molecule is Cc1ccnc(NC(=O)COc2c(C)cc(C)cc2C)c1. The summed E-state index contributed by atoms with van der Waals surface area (Å²) in [6.45, 7) is 7.93. The normalized spacial score (nSPS) is 10.3. The molecule has 2 rings (SSSR count). The van der Waals surface area contributed by atoms with Gasteiger partial charge in [-0.2, -0.15) is 0 Å². The van der Waals surface area contributed by atoms with E-state index in [1.54, 1.807) is 6.20 Å². The number of benzene rings is 1. The van der Waals surface area contributed by atoms with Gasteiger partial charge < -0.3 is 10.1 Å². The molecular weight excluding hydrogens is 264 g/mol. The molecule has 0 saturated carbocycles. The van der Waals surface area contributed by atoms with Gasteiger partial charge in [0.2, 0.25) is 0 Å². The summed E-state index contributed by atoms with van der Waals surface area (Å²) < 4.78 is 5.65. The number of carbonyl (C=O) groups excluding carboxylic acids is 1. The Morgan fingerprint density at radius 3 is 2.38 bits per heavy atom. The third-order valence-electron chi connectivity index (χ3n) is 3.14. The van der Waals surface area contributed by atoms with Crippen molar-refractivity contribution in [3.8, 4) is 5.75 Å². The molecule has 0 radical (unpaired) electrons. The number of nitrogens with zero attached hydrogens (tertiary/aromatic N) is 1. The first-order chi connectivity index (χ1) is 9.95. The van der Waals surface area contributed by atoms with E-state index in [1.165, 1.54) is 5.56 Å². The number of anilines is 1. The summed E-state index contributed by atoms with van der Waals surface area (Å²) in [5.74, 6) is 1.10. The lowest BCUT2D eigenvalue weighted by Gasteiger charge is -2.13. The van der Waals surface area contributed by atoms with Gasteiger partial charge in [-0.3, -0.25) is 4.79 Å². The van der Waals surface area contributed by atoms with E-state index < -0.39 is 0 Å². The summed E-state index contributed by atoms with van der Waals surface area (Å²) >= 11 is 0. The maximum absolute atomic E-state index is 11.9. The first-order valence-electron chi connectivity index (χ1n) is 6.89. The van der Waals surface area contributed by atoms with Gasteiger partial charge in [-0.05, 0) is 56.5 Å². The molecular formula is C17H20N2O2. The van der Waals surface area contributed by atoms with Crippen LogP contribution in [0.4, 0.5) is 5.82 Å². The van der Waals surface area contributed by atoms with E-state index in [4.69, 9.17) is 4.74 Å². The van der Waals surface area contributed by atoms with E-state index in [-0.39, 0.29) is 12.5 Å². The molecule has 0 spiro atoms. The van der Waals surface area contributed by atoms with Gasteiger partial charge in [0.1, 0.15) is 11.6 Å². The average Bonchev–Trinajstić information content (AvgIpc) is 2.37. The molecule has 4 heteroatoms. The smallest absolute Gasteiger partial charge is 0.263 e. The number of rotatable bonds is 4. The van der Waals surface area contributed by atoms with Gasteiger partial charge in [-0.1, -0.05) is 17.7 Å². The molecule has 4 nitrogen and oxygen atoms in total. The molecule has 0 aliphatic carbocycles. The first-order valence-corrected chi connectivity index (χ1v) is 6.89. The summed E-state index contributed by atoms with van der Waals surface area (Å²) in [6, 6.07) is 7.79. The van der Waals surface area contributed by atoms with Crippen molar-refractivity contribution in [1.29, 1.82) is 0 Å². The fourth-order valence-electron chi connectivity index (χ4n) is 2.32. The predicted molar refractivity (Wildman–Crippen MR) is 83.8 cm³/mol. The van der Waals surface area contributed by atoms with Crippen molar-refractivity contribution in [3.05, 3.63) is 52.7 Å². The van der Waals surface area contributed by atoms with Gasteiger partial charge in [0.15, 0.2) is 6.61 Å². The third-order valence-corrected chi connectivity index (χ3v) is 3.14. The van der Waals surface area contributed by atoms with Crippen LogP contribution in [0.25, 0.3) is 0 Å². The van der Waals surface area contributed by atoms with Crippen molar-refractivity contribution in [1.82, 2.24) is 4.98 Å². The van der Waals surface area contributed by atoms with Crippen LogP contribution in [0.3, 0.4) is 0 Å². The van der Waals surface area contributed by atoms with Crippen LogP contribution >= 0.6 is 0 Å². The molecule has 1 amide bonds. The first kappa shape index (κ1) is 15.0. The average molecular weight is 284 g/mol. The summed E-state index contributed by atoms with van der Waals surface area (Å²) in [6.07, 6.45) is 1.67. The molecule has 0 fully saturated rings. The van der Waals surface area contributed by atoms with Gasteiger partial charge in [-0.15, -0.1) is 0 Å². The highest BCUT2D eigenvalue weighted by Gasteiger charge is 2.09. The molecule has 0 bridgehead atoms. The van der Waals surface area contributed by atoms with Crippen molar-refractivity contribution in [2.45, 2.75) is 27.7 Å². The minimum Gasteiger partial charge on any atom is -0.483 e. The molecule has 21 heavy (non-hydrogen) atoms. The van der Waals surface area contributed by atoms with Crippen LogP contribution in [0.15, 0.2) is 30.5 Å². The van der Waals surface area contributed by atoms with E-state index in [2.05, 4.69) is 10.3 Å². The summed E-state index contributed by atoms with van der Waals surface area (Å²) in [4.78, 5) is 16.0. The number of aryl methyl sites for hydroxylation is 4. The van der Waals surface area contributed by atoms with Crippen molar-refractivity contribution in [2.75, 3.05) is 11.9 Å². The van der Waals surface area contributed by atoms with Crippen LogP contribution in [0, 0.1) is 27.7 Å². The topological polar surface area (TPSA) is 51.2 Å². The standard InChI is InChI=1S/C17H20N2O2/c1-11-5-6-18-15(9-11)19-16(20)10-21-17-13(3)7-12(2)8-14(17)4/h5-9H,10H2,1-4H3,(H,18,19,20). The molecule has 0 aliphatic heterocycles. The zero-order valence-corrected chi connectivity index (χ0v) is 12.9. The minimum atomic E-state index is -0.215. The van der Waals surface area contributed by atoms with Gasteiger partial charge in [-0.25, -0.2) is 4.98 Å². The molecule has 0 atom stereocenters. The number of pyridine rings is 1. The minimum absolute atomic E-state index is 0.0274. The number of aromatic nitrogens is 1. The van der Waals surface area contributed by atoms with Gasteiger partial charge in [0.25, 0.3) is 5.91 Å². The lowest BCUT2D eigenvalue weighted by atomic mass is 10.1. The largest absolute Gasteiger partial charge is 0.483 e. The Morgan fingerprint density at radius 1 is 1.10 bits per heavy atom. The molecule has 1 aromatic heterocycles. The van der Waals surface area contributed by atoms with Crippen LogP contribution in [0.5, 0.6) is 5.75 Å². The maximum atomic E-state index is 11.9. The Morgan fingerprint density at radius 2 is 1.76 bits per heavy atom. The Balaban J connectivity index is 1.99. The highest BCUT2D eigenvalue weighted by atomic mass is 16.5. The van der Waals surface area contributed by atoms with Crippen LogP contribution in [0.2, 0.25) is 0 Å². The lowest BCUT2D eigenvalue weighted by molar-refractivity contribution is -0.118. The van der Waals surface area contributed by atoms with Gasteiger partial charge >= 0.3 is 0 Å². The van der Waals surface area contributed by atoms with Gasteiger partial charge in [0.05, 0.1) is 0 Å². The second kappa shape index (κ2) is 6.39. The molecule has 0 aliphatic rings. The quantitative estimate of drug-likeness (QED) is 0.937. The molecule has 0 saturated heterocycles. The van der Waals surface area contributed by atoms with Crippen molar-refractivity contribution < 1.29 is 9.53 Å². The predicted octanol–water partition coefficient (Wildman–Crippen LogP) is 3.33. The zero-order chi connectivity index (χ0) is 15.4. The van der Waals surface area contributed by atoms with Crippen molar-refractivity contribution in [3.63, 3.8) is 0 Å². The van der Waals surface area contributed by atoms with E-state index in [1.807, 2.05) is 52.0 Å². The molecule has 2 aromatic rings. The van der Waals surface area contributed by atoms with E-state index in [9.17, 15) is 4.79 Å². The third kappa shape index (κ3) is 4.05. The van der Waals surface area contributed by atoms with Crippen LogP contribution in [-0.2, 0) is 4.79 Å². The fraction of sp³-hybridized carbons (Fsp3) is 0.294. The van der Waals surface area contributed by atoms with Gasteiger partial charge in [0, 0.05) is 6.20 Å². The highest BCUT2D eigenvalue weighted by Crippen LogP contribution is 2.24. The lowest BCUT2D eigenvalue weighted by Crippen LogP contribution is -2.21. The second-order valence-corrected chi connectivity index (χ2v) is 5.28. The number of hydrogen-bond acceptors (Lipinski definition) is 3.